The molecular formula is C16H16ClN3O2. The van der Waals surface area contributed by atoms with Crippen LogP contribution in [0.25, 0.3) is 0 Å². The highest BCUT2D eigenvalue weighted by Gasteiger charge is 2.17. The van der Waals surface area contributed by atoms with Crippen molar-refractivity contribution >= 4 is 28.9 Å². The van der Waals surface area contributed by atoms with Gasteiger partial charge in [-0.1, -0.05) is 17.7 Å². The number of carbonyl (C=O) groups excluding carboxylic acids is 1. The second kappa shape index (κ2) is 6.77. The van der Waals surface area contributed by atoms with Crippen LogP contribution in [0.2, 0.25) is 5.02 Å². The molecule has 1 aromatic heterocycles. The van der Waals surface area contributed by atoms with Crippen molar-refractivity contribution in [3.63, 3.8) is 0 Å². The van der Waals surface area contributed by atoms with Gasteiger partial charge in [0, 0.05) is 24.3 Å². The highest BCUT2D eigenvalue weighted by molar-refractivity contribution is 6.31. The third-order valence-electron chi connectivity index (χ3n) is 3.46. The molecule has 0 spiro atoms. The van der Waals surface area contributed by atoms with Crippen LogP contribution in [0.15, 0.2) is 42.6 Å². The molecule has 0 radical (unpaired) electrons. The number of hydrogen-bond donors (Lipinski definition) is 1. The SMILES string of the molecule is O=C(Nc1cc(Cl)ccc1N1CCOCC1)c1ccccn1. The fourth-order valence-electron chi connectivity index (χ4n) is 2.37. The molecule has 0 atom stereocenters. The van der Waals surface area contributed by atoms with Gasteiger partial charge >= 0.3 is 0 Å². The number of carbonyl (C=O) groups is 1. The molecule has 114 valence electrons. The number of morpholine rings is 1. The van der Waals surface area contributed by atoms with Crippen LogP contribution < -0.4 is 10.2 Å². The summed E-state index contributed by atoms with van der Waals surface area (Å²) in [5.41, 5.74) is 2.00. The second-order valence-electron chi connectivity index (χ2n) is 4.93. The Morgan fingerprint density at radius 3 is 2.77 bits per heavy atom. The van der Waals surface area contributed by atoms with E-state index in [4.69, 9.17) is 16.3 Å². The van der Waals surface area contributed by atoms with Gasteiger partial charge in [-0.2, -0.15) is 0 Å². The number of nitrogens with one attached hydrogen (secondary N) is 1. The van der Waals surface area contributed by atoms with E-state index >= 15 is 0 Å². The number of rotatable bonds is 3. The van der Waals surface area contributed by atoms with Crippen molar-refractivity contribution in [1.29, 1.82) is 0 Å². The molecule has 0 saturated carbocycles. The number of nitrogens with zero attached hydrogens (tertiary/aromatic N) is 2. The molecule has 1 N–H and O–H groups in total. The maximum atomic E-state index is 12.3. The Morgan fingerprint density at radius 2 is 2.05 bits per heavy atom. The summed E-state index contributed by atoms with van der Waals surface area (Å²) < 4.78 is 5.37. The molecule has 0 bridgehead atoms. The van der Waals surface area contributed by atoms with E-state index in [9.17, 15) is 4.79 Å². The summed E-state index contributed by atoms with van der Waals surface area (Å²) in [6.45, 7) is 2.93. The average molecular weight is 318 g/mol. The van der Waals surface area contributed by atoms with Crippen molar-refractivity contribution < 1.29 is 9.53 Å². The molecule has 1 amide bonds. The van der Waals surface area contributed by atoms with Crippen LogP contribution in [0.1, 0.15) is 10.5 Å². The Morgan fingerprint density at radius 1 is 1.23 bits per heavy atom. The molecular weight excluding hydrogens is 302 g/mol. The van der Waals surface area contributed by atoms with Gasteiger partial charge in [0.25, 0.3) is 5.91 Å². The van der Waals surface area contributed by atoms with E-state index in [0.29, 0.717) is 29.6 Å². The number of pyridine rings is 1. The molecule has 22 heavy (non-hydrogen) atoms. The maximum Gasteiger partial charge on any atom is 0.274 e. The predicted octanol–water partition coefficient (Wildman–Crippen LogP) is 2.82. The zero-order chi connectivity index (χ0) is 15.4. The minimum Gasteiger partial charge on any atom is -0.378 e. The van der Waals surface area contributed by atoms with E-state index in [2.05, 4.69) is 15.2 Å². The zero-order valence-electron chi connectivity index (χ0n) is 12.0. The zero-order valence-corrected chi connectivity index (χ0v) is 12.7. The van der Waals surface area contributed by atoms with Crippen LogP contribution in [0.4, 0.5) is 11.4 Å². The minimum absolute atomic E-state index is 0.252. The highest BCUT2D eigenvalue weighted by Crippen LogP contribution is 2.30. The van der Waals surface area contributed by atoms with E-state index in [0.717, 1.165) is 18.8 Å². The smallest absolute Gasteiger partial charge is 0.274 e. The quantitative estimate of drug-likeness (QED) is 0.946. The standard InChI is InChI=1S/C16H16ClN3O2/c17-12-4-5-15(20-7-9-22-10-8-20)14(11-12)19-16(21)13-3-1-2-6-18-13/h1-6,11H,7-10H2,(H,19,21). The largest absolute Gasteiger partial charge is 0.378 e. The molecule has 0 unspecified atom stereocenters. The average Bonchev–Trinajstić information content (AvgIpc) is 2.56. The summed E-state index contributed by atoms with van der Waals surface area (Å²) in [6, 6.07) is 10.7. The van der Waals surface area contributed by atoms with Gasteiger partial charge in [-0.05, 0) is 30.3 Å². The molecule has 2 heterocycles. The predicted molar refractivity (Wildman–Crippen MR) is 86.7 cm³/mol. The van der Waals surface area contributed by atoms with Crippen molar-refractivity contribution in [1.82, 2.24) is 4.98 Å². The number of benzene rings is 1. The monoisotopic (exact) mass is 317 g/mol. The molecule has 0 aliphatic carbocycles. The highest BCUT2D eigenvalue weighted by atomic mass is 35.5. The van der Waals surface area contributed by atoms with Crippen LogP contribution in [-0.2, 0) is 4.74 Å². The first kappa shape index (κ1) is 14.8. The van der Waals surface area contributed by atoms with Crippen LogP contribution in [0.3, 0.4) is 0 Å². The lowest BCUT2D eigenvalue weighted by Crippen LogP contribution is -2.36. The van der Waals surface area contributed by atoms with E-state index in [1.165, 1.54) is 0 Å². The number of anilines is 2. The summed E-state index contributed by atoms with van der Waals surface area (Å²) >= 11 is 6.08. The van der Waals surface area contributed by atoms with Gasteiger partial charge in [0.15, 0.2) is 0 Å². The lowest BCUT2D eigenvalue weighted by atomic mass is 10.2. The van der Waals surface area contributed by atoms with Gasteiger partial charge in [0.05, 0.1) is 24.6 Å². The fourth-order valence-corrected chi connectivity index (χ4v) is 2.54. The first-order chi connectivity index (χ1) is 10.7. The second-order valence-corrected chi connectivity index (χ2v) is 5.37. The Bertz CT molecular complexity index is 658. The molecule has 1 aliphatic rings. The van der Waals surface area contributed by atoms with Crippen LogP contribution >= 0.6 is 11.6 Å². The van der Waals surface area contributed by atoms with Gasteiger partial charge in [0.2, 0.25) is 0 Å². The molecule has 1 fully saturated rings. The summed E-state index contributed by atoms with van der Waals surface area (Å²) in [5, 5.41) is 3.47. The van der Waals surface area contributed by atoms with Gasteiger partial charge in [-0.25, -0.2) is 0 Å². The van der Waals surface area contributed by atoms with Crippen molar-refractivity contribution in [3.05, 3.63) is 53.3 Å². The van der Waals surface area contributed by atoms with Crippen LogP contribution in [0.5, 0.6) is 0 Å². The summed E-state index contributed by atoms with van der Waals surface area (Å²) in [5.74, 6) is -0.252. The lowest BCUT2D eigenvalue weighted by molar-refractivity contribution is 0.102. The van der Waals surface area contributed by atoms with Crippen LogP contribution in [-0.4, -0.2) is 37.2 Å². The number of aromatic nitrogens is 1. The topological polar surface area (TPSA) is 54.5 Å². The van der Waals surface area contributed by atoms with Gasteiger partial charge in [-0.15, -0.1) is 0 Å². The molecule has 6 heteroatoms. The Hall–Kier alpha value is -2.11. The molecule has 1 saturated heterocycles. The molecule has 5 nitrogen and oxygen atoms in total. The van der Waals surface area contributed by atoms with E-state index in [-0.39, 0.29) is 5.91 Å². The Kier molecular flexibility index (Phi) is 4.56. The van der Waals surface area contributed by atoms with Gasteiger partial charge in [0.1, 0.15) is 5.69 Å². The number of hydrogen-bond acceptors (Lipinski definition) is 4. The minimum atomic E-state index is -0.252. The lowest BCUT2D eigenvalue weighted by Gasteiger charge is -2.30. The summed E-state index contributed by atoms with van der Waals surface area (Å²) in [6.07, 6.45) is 1.59. The summed E-state index contributed by atoms with van der Waals surface area (Å²) in [7, 11) is 0. The normalized spacial score (nSPS) is 14.7. The fraction of sp³-hybridized carbons (Fsp3) is 0.250. The van der Waals surface area contributed by atoms with E-state index in [1.54, 1.807) is 30.5 Å². The Labute approximate surface area is 133 Å². The molecule has 1 aromatic carbocycles. The summed E-state index contributed by atoms with van der Waals surface area (Å²) in [4.78, 5) is 18.5. The first-order valence-corrected chi connectivity index (χ1v) is 7.46. The number of amides is 1. The van der Waals surface area contributed by atoms with E-state index < -0.39 is 0 Å². The van der Waals surface area contributed by atoms with Gasteiger partial charge < -0.3 is 15.0 Å². The van der Waals surface area contributed by atoms with Gasteiger partial charge in [-0.3, -0.25) is 9.78 Å². The van der Waals surface area contributed by atoms with E-state index in [1.807, 2.05) is 12.1 Å². The third kappa shape index (κ3) is 3.37. The third-order valence-corrected chi connectivity index (χ3v) is 3.69. The molecule has 2 aromatic rings. The first-order valence-electron chi connectivity index (χ1n) is 7.09. The molecule has 3 rings (SSSR count). The maximum absolute atomic E-state index is 12.3. The number of halogens is 1. The molecule has 1 aliphatic heterocycles. The Balaban J connectivity index is 1.85. The van der Waals surface area contributed by atoms with Crippen molar-refractivity contribution in [2.24, 2.45) is 0 Å². The van der Waals surface area contributed by atoms with Crippen molar-refractivity contribution in [2.45, 2.75) is 0 Å². The number of ether oxygens (including phenoxy) is 1. The van der Waals surface area contributed by atoms with Crippen molar-refractivity contribution in [3.8, 4) is 0 Å². The van der Waals surface area contributed by atoms with Crippen LogP contribution in [0, 0.1) is 0 Å². The van der Waals surface area contributed by atoms with Crippen molar-refractivity contribution in [2.75, 3.05) is 36.5 Å².